The minimum Gasteiger partial charge on any atom is -0.508 e. The molecule has 0 spiro atoms. The van der Waals surface area contributed by atoms with Gasteiger partial charge < -0.3 is 5.11 Å². The van der Waals surface area contributed by atoms with Crippen LogP contribution in [0.4, 0.5) is 0 Å². The number of phenolic OH excluding ortho intramolecular Hbond substituents is 1. The fraction of sp³-hybridized carbons (Fsp3) is 0.647. The van der Waals surface area contributed by atoms with Gasteiger partial charge in [-0.1, -0.05) is 78.0 Å². The van der Waals surface area contributed by atoms with Crippen LogP contribution in [0.2, 0.25) is 0 Å². The van der Waals surface area contributed by atoms with Crippen molar-refractivity contribution in [3.63, 3.8) is 0 Å². The first-order valence-corrected chi connectivity index (χ1v) is 7.23. The summed E-state index contributed by atoms with van der Waals surface area (Å²) < 4.78 is 0. The Kier molecular flexibility index (Phi) is 5.71. The first-order chi connectivity index (χ1) is 8.45. The van der Waals surface area contributed by atoms with Crippen LogP contribution in [0.3, 0.4) is 0 Å². The van der Waals surface area contributed by atoms with Gasteiger partial charge in [-0.3, -0.25) is 0 Å². The first-order valence-electron chi connectivity index (χ1n) is 7.23. The molecule has 0 radical (unpaired) electrons. The number of hydrogen-bond acceptors (Lipinski definition) is 1. The van der Waals surface area contributed by atoms with Gasteiger partial charge in [0.25, 0.3) is 0 Å². The van der Waals surface area contributed by atoms with Crippen LogP contribution in [0, 0.1) is 5.92 Å². The summed E-state index contributed by atoms with van der Waals surface area (Å²) in [6.45, 7) is 8.53. The van der Waals surface area contributed by atoms with E-state index < -0.39 is 0 Å². The molecule has 1 N–H and O–H groups in total. The predicted molar refractivity (Wildman–Crippen MR) is 79.1 cm³/mol. The highest BCUT2D eigenvalue weighted by atomic mass is 16.3. The maximum Gasteiger partial charge on any atom is 0.119 e. The highest BCUT2D eigenvalue weighted by Crippen LogP contribution is 2.30. The molecule has 0 unspecified atom stereocenters. The molecule has 0 amide bonds. The molecule has 0 aliphatic heterocycles. The van der Waals surface area contributed by atoms with E-state index >= 15 is 0 Å². The van der Waals surface area contributed by atoms with Crippen molar-refractivity contribution in [2.24, 2.45) is 5.92 Å². The van der Waals surface area contributed by atoms with Crippen molar-refractivity contribution in [2.75, 3.05) is 0 Å². The van der Waals surface area contributed by atoms with E-state index in [2.05, 4.69) is 27.7 Å². The summed E-state index contributed by atoms with van der Waals surface area (Å²) in [5.74, 6) is 1.52. The lowest BCUT2D eigenvalue weighted by atomic mass is 9.82. The molecular weight excluding hydrogens is 220 g/mol. The van der Waals surface area contributed by atoms with Gasteiger partial charge in [0.05, 0.1) is 0 Å². The van der Waals surface area contributed by atoms with Crippen LogP contribution in [0.5, 0.6) is 5.75 Å². The fourth-order valence-corrected chi connectivity index (χ4v) is 2.30. The molecule has 1 fully saturated rings. The SMILES string of the molecule is CC(C)(C)c1ccccc1O.CCCC1CCC1. The van der Waals surface area contributed by atoms with Crippen molar-refractivity contribution in [3.05, 3.63) is 29.8 Å². The lowest BCUT2D eigenvalue weighted by Crippen LogP contribution is -2.10. The zero-order valence-electron chi connectivity index (χ0n) is 12.4. The van der Waals surface area contributed by atoms with Crippen LogP contribution >= 0.6 is 0 Å². The van der Waals surface area contributed by atoms with Gasteiger partial charge in [-0.05, 0) is 23.0 Å². The van der Waals surface area contributed by atoms with Crippen molar-refractivity contribution in [1.82, 2.24) is 0 Å². The lowest BCUT2D eigenvalue weighted by Gasteiger charge is -2.24. The molecule has 0 atom stereocenters. The number of para-hydroxylation sites is 1. The highest BCUT2D eigenvalue weighted by molar-refractivity contribution is 5.36. The Morgan fingerprint density at radius 3 is 2.06 bits per heavy atom. The molecule has 2 rings (SSSR count). The van der Waals surface area contributed by atoms with Crippen molar-refractivity contribution in [3.8, 4) is 5.75 Å². The second kappa shape index (κ2) is 6.82. The highest BCUT2D eigenvalue weighted by Gasteiger charge is 2.16. The molecule has 1 aromatic rings. The Morgan fingerprint density at radius 1 is 1.17 bits per heavy atom. The lowest BCUT2D eigenvalue weighted by molar-refractivity contribution is 0.294. The van der Waals surface area contributed by atoms with E-state index in [-0.39, 0.29) is 5.41 Å². The zero-order chi connectivity index (χ0) is 13.6. The summed E-state index contributed by atoms with van der Waals surface area (Å²) in [7, 11) is 0. The summed E-state index contributed by atoms with van der Waals surface area (Å²) in [4.78, 5) is 0. The molecule has 102 valence electrons. The first kappa shape index (κ1) is 15.1. The van der Waals surface area contributed by atoms with Gasteiger partial charge in [-0.15, -0.1) is 0 Å². The average molecular weight is 248 g/mol. The van der Waals surface area contributed by atoms with Crippen LogP contribution in [0.1, 0.15) is 65.4 Å². The second-order valence-corrected chi connectivity index (χ2v) is 6.35. The topological polar surface area (TPSA) is 20.2 Å². The van der Waals surface area contributed by atoms with Crippen LogP contribution in [-0.4, -0.2) is 5.11 Å². The molecule has 1 heteroatoms. The molecule has 1 aliphatic rings. The third-order valence-electron chi connectivity index (χ3n) is 3.63. The third kappa shape index (κ3) is 4.72. The normalized spacial score (nSPS) is 15.6. The monoisotopic (exact) mass is 248 g/mol. The zero-order valence-corrected chi connectivity index (χ0v) is 12.4. The molecule has 18 heavy (non-hydrogen) atoms. The summed E-state index contributed by atoms with van der Waals surface area (Å²) in [6.07, 6.45) is 7.43. The average Bonchev–Trinajstić information content (AvgIpc) is 2.23. The number of hydrogen-bond donors (Lipinski definition) is 1. The minimum atomic E-state index is 0.0331. The van der Waals surface area contributed by atoms with E-state index in [1.807, 2.05) is 18.2 Å². The molecule has 1 aromatic carbocycles. The largest absolute Gasteiger partial charge is 0.508 e. The van der Waals surface area contributed by atoms with Crippen LogP contribution in [0.25, 0.3) is 0 Å². The molecule has 1 saturated carbocycles. The standard InChI is InChI=1S/C10H14O.C7H14/c1-10(2,3)8-6-4-5-7-9(8)11;1-2-4-7-5-3-6-7/h4-7,11H,1-3H3;7H,2-6H2,1H3. The van der Waals surface area contributed by atoms with E-state index in [4.69, 9.17) is 0 Å². The van der Waals surface area contributed by atoms with Crippen molar-refractivity contribution < 1.29 is 5.11 Å². The van der Waals surface area contributed by atoms with Gasteiger partial charge in [0.2, 0.25) is 0 Å². The Labute approximate surface area is 112 Å². The Morgan fingerprint density at radius 2 is 1.78 bits per heavy atom. The van der Waals surface area contributed by atoms with Gasteiger partial charge >= 0.3 is 0 Å². The van der Waals surface area contributed by atoms with E-state index in [1.54, 1.807) is 6.07 Å². The summed E-state index contributed by atoms with van der Waals surface area (Å²) >= 11 is 0. The maximum absolute atomic E-state index is 9.45. The van der Waals surface area contributed by atoms with E-state index in [1.165, 1.54) is 32.1 Å². The van der Waals surface area contributed by atoms with Gasteiger partial charge in [0.1, 0.15) is 5.75 Å². The quantitative estimate of drug-likeness (QED) is 0.755. The fourth-order valence-electron chi connectivity index (χ4n) is 2.30. The molecule has 0 aromatic heterocycles. The van der Waals surface area contributed by atoms with Gasteiger partial charge in [-0.2, -0.15) is 0 Å². The molecule has 1 aliphatic carbocycles. The van der Waals surface area contributed by atoms with Crippen molar-refractivity contribution >= 4 is 0 Å². The van der Waals surface area contributed by atoms with Gasteiger partial charge in [-0.25, -0.2) is 0 Å². The number of rotatable bonds is 2. The summed E-state index contributed by atoms with van der Waals surface area (Å²) in [5, 5.41) is 9.45. The molecule has 0 saturated heterocycles. The predicted octanol–water partition coefficient (Wildman–Crippen LogP) is 5.28. The number of aromatic hydroxyl groups is 1. The van der Waals surface area contributed by atoms with E-state index in [0.717, 1.165) is 11.5 Å². The minimum absolute atomic E-state index is 0.0331. The van der Waals surface area contributed by atoms with Gasteiger partial charge in [0.15, 0.2) is 0 Å². The molecular formula is C17H28O. The second-order valence-electron chi connectivity index (χ2n) is 6.35. The van der Waals surface area contributed by atoms with Crippen LogP contribution in [0.15, 0.2) is 24.3 Å². The van der Waals surface area contributed by atoms with E-state index in [0.29, 0.717) is 5.75 Å². The molecule has 0 heterocycles. The molecule has 0 bridgehead atoms. The van der Waals surface area contributed by atoms with Crippen LogP contribution in [-0.2, 0) is 5.41 Å². The maximum atomic E-state index is 9.45. The van der Waals surface area contributed by atoms with Crippen molar-refractivity contribution in [1.29, 1.82) is 0 Å². The summed E-state index contributed by atoms with van der Waals surface area (Å²) in [5.41, 5.74) is 1.03. The number of phenols is 1. The van der Waals surface area contributed by atoms with Crippen LogP contribution < -0.4 is 0 Å². The molecule has 1 nitrogen and oxygen atoms in total. The Bertz CT molecular complexity index is 345. The third-order valence-corrected chi connectivity index (χ3v) is 3.63. The smallest absolute Gasteiger partial charge is 0.119 e. The number of benzene rings is 1. The Hall–Kier alpha value is -0.980. The van der Waals surface area contributed by atoms with Gasteiger partial charge in [0, 0.05) is 0 Å². The summed E-state index contributed by atoms with van der Waals surface area (Å²) in [6, 6.07) is 7.46. The van der Waals surface area contributed by atoms with E-state index in [9.17, 15) is 5.11 Å². The van der Waals surface area contributed by atoms with Crippen molar-refractivity contribution in [2.45, 2.75) is 65.2 Å². The Balaban J connectivity index is 0.000000199.